The van der Waals surface area contributed by atoms with E-state index in [1.165, 1.54) is 24.3 Å². The minimum absolute atomic E-state index is 0.0563. The fraction of sp³-hybridized carbons (Fsp3) is 0.300. The molecule has 5 heteroatoms. The number of aliphatic hydroxyl groups is 1. The lowest BCUT2D eigenvalue weighted by Gasteiger charge is -2.19. The summed E-state index contributed by atoms with van der Waals surface area (Å²) >= 11 is 0. The number of esters is 1. The first kappa shape index (κ1) is 18.6. The Morgan fingerprint density at radius 1 is 1.24 bits per heavy atom. The van der Waals surface area contributed by atoms with Crippen molar-refractivity contribution in [3.63, 3.8) is 0 Å². The third-order valence-electron chi connectivity index (χ3n) is 3.72. The van der Waals surface area contributed by atoms with Crippen LogP contribution in [0.15, 0.2) is 42.5 Å². The first-order valence-electron chi connectivity index (χ1n) is 7.86. The first-order chi connectivity index (χ1) is 11.7. The number of hydrogen-bond acceptors (Lipinski definition) is 4. The monoisotopic (exact) mass is 341 g/mol. The molecule has 130 valence electrons. The molecule has 25 heavy (non-hydrogen) atoms. The summed E-state index contributed by atoms with van der Waals surface area (Å²) in [4.78, 5) is 12.0. The zero-order valence-corrected chi connectivity index (χ0v) is 14.4. The fourth-order valence-corrected chi connectivity index (χ4v) is 2.25. The molecule has 1 unspecified atom stereocenters. The molecule has 0 saturated carbocycles. The first-order valence-corrected chi connectivity index (χ1v) is 7.86. The summed E-state index contributed by atoms with van der Waals surface area (Å²) in [5.41, 5.74) is 1.30. The van der Waals surface area contributed by atoms with Gasteiger partial charge in [-0.3, -0.25) is 4.79 Å². The van der Waals surface area contributed by atoms with Crippen LogP contribution in [-0.2, 0) is 16.1 Å². The van der Waals surface area contributed by atoms with Gasteiger partial charge in [-0.2, -0.15) is 5.26 Å². The summed E-state index contributed by atoms with van der Waals surface area (Å²) < 4.78 is 18.4. The Morgan fingerprint density at radius 2 is 1.88 bits per heavy atom. The van der Waals surface area contributed by atoms with Crippen molar-refractivity contribution < 1.29 is 19.0 Å². The Hall–Kier alpha value is -2.71. The third-order valence-corrected chi connectivity index (χ3v) is 3.72. The topological polar surface area (TPSA) is 70.3 Å². The largest absolute Gasteiger partial charge is 0.460 e. The average Bonchev–Trinajstić information content (AvgIpc) is 2.58. The molecule has 0 saturated heterocycles. The molecule has 0 aliphatic carbocycles. The van der Waals surface area contributed by atoms with Gasteiger partial charge in [0, 0.05) is 0 Å². The molecule has 0 spiro atoms. The number of halogens is 1. The molecule has 0 aromatic heterocycles. The third kappa shape index (κ3) is 4.65. The number of rotatable bonds is 4. The van der Waals surface area contributed by atoms with E-state index in [0.717, 1.165) is 0 Å². The second kappa shape index (κ2) is 7.45. The zero-order chi connectivity index (χ0) is 18.6. The number of carbonyl (C=O) groups excluding carboxylic acids is 1. The van der Waals surface area contributed by atoms with E-state index in [9.17, 15) is 14.3 Å². The van der Waals surface area contributed by atoms with E-state index in [1.54, 1.807) is 39.0 Å². The van der Waals surface area contributed by atoms with Crippen LogP contribution in [0.1, 0.15) is 49.1 Å². The van der Waals surface area contributed by atoms with E-state index in [1.807, 2.05) is 6.07 Å². The maximum atomic E-state index is 13.1. The fourth-order valence-electron chi connectivity index (χ4n) is 2.25. The Labute approximate surface area is 146 Å². The molecule has 1 N–H and O–H groups in total. The van der Waals surface area contributed by atoms with Gasteiger partial charge in [0.05, 0.1) is 17.0 Å². The van der Waals surface area contributed by atoms with Gasteiger partial charge in [0.25, 0.3) is 0 Å². The molecular formula is C20H20FNO3. The molecule has 0 radical (unpaired) electrons. The van der Waals surface area contributed by atoms with E-state index < -0.39 is 17.3 Å². The molecule has 4 nitrogen and oxygen atoms in total. The lowest BCUT2D eigenvalue weighted by molar-refractivity contribution is -0.154. The van der Waals surface area contributed by atoms with Crippen LogP contribution >= 0.6 is 0 Å². The molecule has 2 rings (SSSR count). The van der Waals surface area contributed by atoms with Crippen LogP contribution < -0.4 is 0 Å². The number of nitrogens with zero attached hydrogens (tertiary/aromatic N) is 1. The van der Waals surface area contributed by atoms with Gasteiger partial charge in [0.2, 0.25) is 0 Å². The molecule has 0 aliphatic heterocycles. The van der Waals surface area contributed by atoms with Crippen molar-refractivity contribution in [3.05, 3.63) is 70.5 Å². The van der Waals surface area contributed by atoms with Gasteiger partial charge >= 0.3 is 5.97 Å². The predicted molar refractivity (Wildman–Crippen MR) is 90.9 cm³/mol. The van der Waals surface area contributed by atoms with Crippen LogP contribution in [0.25, 0.3) is 0 Å². The van der Waals surface area contributed by atoms with Crippen molar-refractivity contribution in [1.29, 1.82) is 5.26 Å². The molecular weight excluding hydrogens is 321 g/mol. The molecule has 0 aliphatic rings. The summed E-state index contributed by atoms with van der Waals surface area (Å²) in [6.07, 6.45) is -1.02. The van der Waals surface area contributed by atoms with E-state index in [2.05, 4.69) is 0 Å². The quantitative estimate of drug-likeness (QED) is 0.857. The average molecular weight is 341 g/mol. The van der Waals surface area contributed by atoms with Crippen LogP contribution in [0, 0.1) is 22.6 Å². The Balaban J connectivity index is 2.32. The molecule has 1 atom stereocenters. The predicted octanol–water partition coefficient (Wildman–Crippen LogP) is 3.87. The summed E-state index contributed by atoms with van der Waals surface area (Å²) in [6.45, 7) is 5.18. The smallest absolute Gasteiger partial charge is 0.311 e. The highest BCUT2D eigenvalue weighted by Gasteiger charge is 2.24. The van der Waals surface area contributed by atoms with Crippen molar-refractivity contribution in [2.24, 2.45) is 5.41 Å². The maximum Gasteiger partial charge on any atom is 0.311 e. The normalized spacial score (nSPS) is 12.3. The molecule has 0 fully saturated rings. The minimum Gasteiger partial charge on any atom is -0.460 e. The van der Waals surface area contributed by atoms with Crippen LogP contribution in [0.2, 0.25) is 0 Å². The van der Waals surface area contributed by atoms with Crippen molar-refractivity contribution in [2.45, 2.75) is 33.5 Å². The number of hydrogen-bond donors (Lipinski definition) is 1. The van der Waals surface area contributed by atoms with Gasteiger partial charge in [0.15, 0.2) is 0 Å². The summed E-state index contributed by atoms with van der Waals surface area (Å²) in [5.74, 6) is -0.771. The lowest BCUT2D eigenvalue weighted by Crippen LogP contribution is -2.23. The molecule has 2 aromatic rings. The van der Waals surface area contributed by atoms with Crippen LogP contribution in [-0.4, -0.2) is 11.1 Å². The Bertz CT molecular complexity index is 801. The van der Waals surface area contributed by atoms with Crippen LogP contribution in [0.3, 0.4) is 0 Å². The van der Waals surface area contributed by atoms with E-state index in [-0.39, 0.29) is 12.6 Å². The Kier molecular flexibility index (Phi) is 5.55. The highest BCUT2D eigenvalue weighted by molar-refractivity contribution is 5.75. The highest BCUT2D eigenvalue weighted by atomic mass is 19.1. The molecule has 0 bridgehead atoms. The van der Waals surface area contributed by atoms with Crippen molar-refractivity contribution >= 4 is 5.97 Å². The number of benzene rings is 2. The number of nitriles is 1. The van der Waals surface area contributed by atoms with Crippen molar-refractivity contribution in [2.75, 3.05) is 0 Å². The lowest BCUT2D eigenvalue weighted by atomic mass is 9.95. The van der Waals surface area contributed by atoms with Crippen LogP contribution in [0.4, 0.5) is 4.39 Å². The second-order valence-corrected chi connectivity index (χ2v) is 6.81. The van der Waals surface area contributed by atoms with Gasteiger partial charge in [-0.1, -0.05) is 18.2 Å². The SMILES string of the molecule is CC(C)(C)C(=O)OCc1cc(C#N)ccc1C(O)c1ccc(F)cc1. The van der Waals surface area contributed by atoms with Gasteiger partial charge in [-0.15, -0.1) is 0 Å². The van der Waals surface area contributed by atoms with E-state index >= 15 is 0 Å². The van der Waals surface area contributed by atoms with E-state index in [0.29, 0.717) is 22.3 Å². The molecule has 0 heterocycles. The Morgan fingerprint density at radius 3 is 2.44 bits per heavy atom. The second-order valence-electron chi connectivity index (χ2n) is 6.81. The minimum atomic E-state index is -1.02. The number of aliphatic hydroxyl groups excluding tert-OH is 1. The summed E-state index contributed by atoms with van der Waals surface area (Å²) in [7, 11) is 0. The standard InChI is InChI=1S/C20H20FNO3/c1-20(2,3)19(24)25-12-15-10-13(11-22)4-9-17(15)18(23)14-5-7-16(21)8-6-14/h4-10,18,23H,12H2,1-3H3. The van der Waals surface area contributed by atoms with Gasteiger partial charge in [-0.25, -0.2) is 4.39 Å². The summed E-state index contributed by atoms with van der Waals surface area (Å²) in [5, 5.41) is 19.7. The van der Waals surface area contributed by atoms with E-state index in [4.69, 9.17) is 10.00 Å². The number of ether oxygens (including phenoxy) is 1. The zero-order valence-electron chi connectivity index (χ0n) is 14.4. The highest BCUT2D eigenvalue weighted by Crippen LogP contribution is 2.27. The van der Waals surface area contributed by atoms with Crippen molar-refractivity contribution in [3.8, 4) is 6.07 Å². The van der Waals surface area contributed by atoms with Gasteiger partial charge in [0.1, 0.15) is 18.5 Å². The molecule has 2 aromatic carbocycles. The van der Waals surface area contributed by atoms with Crippen molar-refractivity contribution in [1.82, 2.24) is 0 Å². The van der Waals surface area contributed by atoms with Gasteiger partial charge in [-0.05, 0) is 61.7 Å². The van der Waals surface area contributed by atoms with Gasteiger partial charge < -0.3 is 9.84 Å². The molecule has 0 amide bonds. The maximum absolute atomic E-state index is 13.1. The van der Waals surface area contributed by atoms with Crippen LogP contribution in [0.5, 0.6) is 0 Å². The number of carbonyl (C=O) groups is 1. The summed E-state index contributed by atoms with van der Waals surface area (Å²) in [6, 6.07) is 12.3.